The van der Waals surface area contributed by atoms with Crippen LogP contribution < -0.4 is 10.1 Å². The summed E-state index contributed by atoms with van der Waals surface area (Å²) in [5.41, 5.74) is 1.21. The van der Waals surface area contributed by atoms with E-state index in [4.69, 9.17) is 16.3 Å². The second kappa shape index (κ2) is 6.45. The fourth-order valence-corrected chi connectivity index (χ4v) is 2.05. The molecule has 0 unspecified atom stereocenters. The van der Waals surface area contributed by atoms with Crippen LogP contribution in [0.5, 0.6) is 11.5 Å². The molecule has 0 spiro atoms. The summed E-state index contributed by atoms with van der Waals surface area (Å²) in [6.07, 6.45) is 0. The van der Waals surface area contributed by atoms with E-state index in [1.807, 2.05) is 13.8 Å². The van der Waals surface area contributed by atoms with Gasteiger partial charge in [0.15, 0.2) is 0 Å². The number of benzene rings is 2. The summed E-state index contributed by atoms with van der Waals surface area (Å²) in [7, 11) is 0. The number of halogens is 1. The molecule has 0 aliphatic heterocycles. The van der Waals surface area contributed by atoms with E-state index in [0.29, 0.717) is 23.0 Å². The lowest BCUT2D eigenvalue weighted by Crippen LogP contribution is -2.02. The smallest absolute Gasteiger partial charge is 0.334 e. The summed E-state index contributed by atoms with van der Waals surface area (Å²) >= 11 is 5.96. The highest BCUT2D eigenvalue weighted by Crippen LogP contribution is 2.37. The molecule has 2 aromatic rings. The molecule has 1 N–H and O–H groups in total. The van der Waals surface area contributed by atoms with Crippen molar-refractivity contribution < 1.29 is 9.66 Å². The third kappa shape index (κ3) is 3.44. The fourth-order valence-electron chi connectivity index (χ4n) is 1.93. The molecule has 0 fully saturated rings. The van der Waals surface area contributed by atoms with Gasteiger partial charge in [0, 0.05) is 11.6 Å². The predicted molar refractivity (Wildman–Crippen MR) is 83.5 cm³/mol. The Labute approximate surface area is 127 Å². The molecule has 0 aliphatic rings. The molecule has 0 saturated carbocycles. The van der Waals surface area contributed by atoms with Gasteiger partial charge in [-0.25, -0.2) is 0 Å². The van der Waals surface area contributed by atoms with Crippen molar-refractivity contribution in [2.24, 2.45) is 0 Å². The second-order valence-electron chi connectivity index (χ2n) is 4.45. The molecule has 2 aromatic carbocycles. The summed E-state index contributed by atoms with van der Waals surface area (Å²) < 4.78 is 5.65. The van der Waals surface area contributed by atoms with Gasteiger partial charge in [-0.1, -0.05) is 17.7 Å². The normalized spacial score (nSPS) is 10.2. The highest BCUT2D eigenvalue weighted by molar-refractivity contribution is 6.31. The molecule has 2 rings (SSSR count). The number of para-hydroxylation sites is 1. The third-order valence-electron chi connectivity index (χ3n) is 2.91. The average Bonchev–Trinajstić information content (AvgIpc) is 2.43. The number of nitrogens with zero attached hydrogens (tertiary/aromatic N) is 1. The molecule has 5 nitrogen and oxygen atoms in total. The standard InChI is InChI=1S/C15H15ClN2O3/c1-3-17-13-5-4-6-14(15(13)18(19)20)21-11-7-8-12(16)10(2)9-11/h4-9,17H,3H2,1-2H3. The highest BCUT2D eigenvalue weighted by atomic mass is 35.5. The second-order valence-corrected chi connectivity index (χ2v) is 4.86. The largest absolute Gasteiger partial charge is 0.450 e. The summed E-state index contributed by atoms with van der Waals surface area (Å²) in [5, 5.41) is 14.9. The molecule has 0 bridgehead atoms. The van der Waals surface area contributed by atoms with E-state index in [2.05, 4.69) is 5.32 Å². The molecule has 0 aliphatic carbocycles. The minimum Gasteiger partial charge on any atom is -0.450 e. The van der Waals surface area contributed by atoms with Crippen molar-refractivity contribution in [3.63, 3.8) is 0 Å². The van der Waals surface area contributed by atoms with Gasteiger partial charge in [-0.3, -0.25) is 10.1 Å². The van der Waals surface area contributed by atoms with Crippen molar-refractivity contribution in [1.29, 1.82) is 0 Å². The SMILES string of the molecule is CCNc1cccc(Oc2ccc(Cl)c(C)c2)c1[N+](=O)[O-]. The Morgan fingerprint density at radius 3 is 2.71 bits per heavy atom. The number of rotatable bonds is 5. The van der Waals surface area contributed by atoms with Crippen LogP contribution in [0.1, 0.15) is 12.5 Å². The van der Waals surface area contributed by atoms with Gasteiger partial charge in [0.05, 0.1) is 4.92 Å². The number of hydrogen-bond donors (Lipinski definition) is 1. The van der Waals surface area contributed by atoms with Crippen LogP contribution in [0.15, 0.2) is 36.4 Å². The molecule has 0 aromatic heterocycles. The summed E-state index contributed by atoms with van der Waals surface area (Å²) in [6.45, 7) is 4.31. The maximum Gasteiger partial charge on any atom is 0.334 e. The molecule has 6 heteroatoms. The van der Waals surface area contributed by atoms with Crippen LogP contribution in [0.3, 0.4) is 0 Å². The molecule has 0 saturated heterocycles. The van der Waals surface area contributed by atoms with Gasteiger partial charge in [-0.2, -0.15) is 0 Å². The van der Waals surface area contributed by atoms with E-state index in [1.165, 1.54) is 0 Å². The lowest BCUT2D eigenvalue weighted by Gasteiger charge is -2.10. The first-order chi connectivity index (χ1) is 10.0. The Morgan fingerprint density at radius 2 is 2.10 bits per heavy atom. The Balaban J connectivity index is 2.41. The van der Waals surface area contributed by atoms with Gasteiger partial charge in [0.25, 0.3) is 0 Å². The topological polar surface area (TPSA) is 64.4 Å². The number of nitro groups is 1. The molecule has 0 radical (unpaired) electrons. The lowest BCUT2D eigenvalue weighted by molar-refractivity contribution is -0.384. The minimum atomic E-state index is -0.448. The van der Waals surface area contributed by atoms with Crippen molar-refractivity contribution in [1.82, 2.24) is 0 Å². The van der Waals surface area contributed by atoms with Crippen molar-refractivity contribution >= 4 is 23.0 Å². The van der Waals surface area contributed by atoms with Gasteiger partial charge in [0.1, 0.15) is 11.4 Å². The molecule has 0 heterocycles. The molecule has 21 heavy (non-hydrogen) atoms. The lowest BCUT2D eigenvalue weighted by atomic mass is 10.2. The molecular weight excluding hydrogens is 292 g/mol. The number of nitrogens with one attached hydrogen (secondary N) is 1. The van der Waals surface area contributed by atoms with Crippen LogP contribution in [-0.4, -0.2) is 11.5 Å². The van der Waals surface area contributed by atoms with Gasteiger partial charge >= 0.3 is 5.69 Å². The number of anilines is 1. The van der Waals surface area contributed by atoms with E-state index >= 15 is 0 Å². The van der Waals surface area contributed by atoms with Gasteiger partial charge in [0.2, 0.25) is 5.75 Å². The van der Waals surface area contributed by atoms with Gasteiger partial charge in [-0.15, -0.1) is 0 Å². The number of hydrogen-bond acceptors (Lipinski definition) is 4. The fraction of sp³-hybridized carbons (Fsp3) is 0.200. The molecular formula is C15H15ClN2O3. The van der Waals surface area contributed by atoms with Crippen LogP contribution in [0.4, 0.5) is 11.4 Å². The summed E-state index contributed by atoms with van der Waals surface area (Å²) in [4.78, 5) is 10.8. The number of nitro benzene ring substituents is 1. The molecule has 110 valence electrons. The van der Waals surface area contributed by atoms with E-state index in [0.717, 1.165) is 5.56 Å². The van der Waals surface area contributed by atoms with Crippen LogP contribution in [0.2, 0.25) is 5.02 Å². The van der Waals surface area contributed by atoms with Crippen LogP contribution in [0, 0.1) is 17.0 Å². The first-order valence-corrected chi connectivity index (χ1v) is 6.86. The molecule has 0 atom stereocenters. The van der Waals surface area contributed by atoms with Crippen molar-refractivity contribution in [2.75, 3.05) is 11.9 Å². The maximum atomic E-state index is 11.3. The van der Waals surface area contributed by atoms with Crippen molar-refractivity contribution in [3.8, 4) is 11.5 Å². The monoisotopic (exact) mass is 306 g/mol. The van der Waals surface area contributed by atoms with Gasteiger partial charge in [-0.05, 0) is 49.7 Å². The van der Waals surface area contributed by atoms with Crippen LogP contribution >= 0.6 is 11.6 Å². The maximum absolute atomic E-state index is 11.3. The first kappa shape index (κ1) is 15.1. The summed E-state index contributed by atoms with van der Waals surface area (Å²) in [5.74, 6) is 0.703. The van der Waals surface area contributed by atoms with Gasteiger partial charge < -0.3 is 10.1 Å². The third-order valence-corrected chi connectivity index (χ3v) is 3.33. The zero-order valence-corrected chi connectivity index (χ0v) is 12.5. The average molecular weight is 307 g/mol. The Kier molecular flexibility index (Phi) is 4.65. The Morgan fingerprint density at radius 1 is 1.33 bits per heavy atom. The van der Waals surface area contributed by atoms with Crippen molar-refractivity contribution in [3.05, 3.63) is 57.1 Å². The van der Waals surface area contributed by atoms with E-state index in [-0.39, 0.29) is 11.4 Å². The molecule has 0 amide bonds. The van der Waals surface area contributed by atoms with Crippen molar-refractivity contribution in [2.45, 2.75) is 13.8 Å². The number of aryl methyl sites for hydroxylation is 1. The Hall–Kier alpha value is -2.27. The number of ether oxygens (including phenoxy) is 1. The van der Waals surface area contributed by atoms with E-state index in [1.54, 1.807) is 36.4 Å². The quantitative estimate of drug-likeness (QED) is 0.637. The van der Waals surface area contributed by atoms with Crippen LogP contribution in [0.25, 0.3) is 0 Å². The Bertz CT molecular complexity index is 674. The zero-order valence-electron chi connectivity index (χ0n) is 11.7. The predicted octanol–water partition coefficient (Wildman–Crippen LogP) is 4.78. The van der Waals surface area contributed by atoms with Crippen LogP contribution in [-0.2, 0) is 0 Å². The van der Waals surface area contributed by atoms with E-state index in [9.17, 15) is 10.1 Å². The zero-order chi connectivity index (χ0) is 15.4. The highest BCUT2D eigenvalue weighted by Gasteiger charge is 2.21. The first-order valence-electron chi connectivity index (χ1n) is 6.48. The summed E-state index contributed by atoms with van der Waals surface area (Å²) in [6, 6.07) is 10.1. The minimum absolute atomic E-state index is 0.0769. The van der Waals surface area contributed by atoms with E-state index < -0.39 is 4.92 Å².